The van der Waals surface area contributed by atoms with Crippen molar-refractivity contribution in [3.8, 4) is 5.75 Å². The van der Waals surface area contributed by atoms with Crippen LogP contribution in [0.2, 0.25) is 0 Å². The Morgan fingerprint density at radius 1 is 1.06 bits per heavy atom. The molecular formula is C10H10F4O2. The van der Waals surface area contributed by atoms with Crippen LogP contribution in [0.5, 0.6) is 5.75 Å². The van der Waals surface area contributed by atoms with Gasteiger partial charge in [-0.25, -0.2) is 8.78 Å². The highest BCUT2D eigenvalue weighted by atomic mass is 19.2. The van der Waals surface area contributed by atoms with Crippen LogP contribution in [0, 0.1) is 23.3 Å². The van der Waals surface area contributed by atoms with Crippen molar-refractivity contribution in [2.45, 2.75) is 20.8 Å². The third-order valence-corrected chi connectivity index (χ3v) is 1.32. The zero-order valence-corrected chi connectivity index (χ0v) is 8.91. The van der Waals surface area contributed by atoms with Crippen molar-refractivity contribution in [2.75, 3.05) is 0 Å². The lowest BCUT2D eigenvalue weighted by molar-refractivity contribution is -0.132. The van der Waals surface area contributed by atoms with Crippen LogP contribution in [-0.4, -0.2) is 5.97 Å². The van der Waals surface area contributed by atoms with Crippen LogP contribution in [0.4, 0.5) is 17.6 Å². The minimum Gasteiger partial charge on any atom is -0.420 e. The Kier molecular flexibility index (Phi) is 5.49. The van der Waals surface area contributed by atoms with Gasteiger partial charge in [-0.2, -0.15) is 8.78 Å². The molecule has 0 spiro atoms. The van der Waals surface area contributed by atoms with Crippen LogP contribution in [-0.2, 0) is 4.79 Å². The van der Waals surface area contributed by atoms with Gasteiger partial charge in [-0.3, -0.25) is 4.79 Å². The standard InChI is InChI=1S/C8H4F4O2.C2H6/c1-3(13)14-8-6(11)4(9)2-5(10)7(8)12;1-2/h2H,1H3;1-2H3. The topological polar surface area (TPSA) is 26.3 Å². The van der Waals surface area contributed by atoms with Gasteiger partial charge in [0.25, 0.3) is 0 Å². The maximum atomic E-state index is 12.7. The number of carbonyl (C=O) groups excluding carboxylic acids is 1. The van der Waals surface area contributed by atoms with E-state index in [4.69, 9.17) is 0 Å². The maximum Gasteiger partial charge on any atom is 0.308 e. The van der Waals surface area contributed by atoms with E-state index in [1.54, 1.807) is 0 Å². The molecule has 0 heterocycles. The Labute approximate surface area is 89.8 Å². The average molecular weight is 238 g/mol. The summed E-state index contributed by atoms with van der Waals surface area (Å²) in [5.74, 6) is -9.17. The predicted octanol–water partition coefficient (Wildman–Crippen LogP) is 3.19. The summed E-state index contributed by atoms with van der Waals surface area (Å²) in [5.41, 5.74) is 0. The molecule has 0 aromatic heterocycles. The lowest BCUT2D eigenvalue weighted by Gasteiger charge is -2.05. The minimum absolute atomic E-state index is 0.0255. The molecule has 0 aliphatic heterocycles. The second kappa shape index (κ2) is 6.09. The number of hydrogen-bond acceptors (Lipinski definition) is 2. The molecule has 0 aliphatic rings. The summed E-state index contributed by atoms with van der Waals surface area (Å²) in [4.78, 5) is 10.3. The zero-order chi connectivity index (χ0) is 12.9. The van der Waals surface area contributed by atoms with E-state index in [1.807, 2.05) is 13.8 Å². The first-order valence-corrected chi connectivity index (χ1v) is 4.45. The van der Waals surface area contributed by atoms with Crippen LogP contribution >= 0.6 is 0 Å². The Morgan fingerprint density at radius 2 is 1.44 bits per heavy atom. The van der Waals surface area contributed by atoms with E-state index < -0.39 is 35.0 Å². The molecular weight excluding hydrogens is 228 g/mol. The first-order valence-electron chi connectivity index (χ1n) is 4.45. The van der Waals surface area contributed by atoms with Crippen LogP contribution in [0.25, 0.3) is 0 Å². The van der Waals surface area contributed by atoms with Gasteiger partial charge < -0.3 is 4.74 Å². The fourth-order valence-electron chi connectivity index (χ4n) is 0.785. The average Bonchev–Trinajstić information content (AvgIpc) is 2.24. The van der Waals surface area contributed by atoms with Crippen molar-refractivity contribution in [3.05, 3.63) is 29.3 Å². The van der Waals surface area contributed by atoms with E-state index in [0.29, 0.717) is 0 Å². The van der Waals surface area contributed by atoms with Gasteiger partial charge in [-0.15, -0.1) is 0 Å². The highest BCUT2D eigenvalue weighted by Gasteiger charge is 2.21. The highest BCUT2D eigenvalue weighted by Crippen LogP contribution is 2.26. The van der Waals surface area contributed by atoms with Crippen LogP contribution in [0.3, 0.4) is 0 Å². The first-order chi connectivity index (χ1) is 7.43. The second-order valence-corrected chi connectivity index (χ2v) is 2.39. The number of halogens is 4. The number of ether oxygens (including phenoxy) is 1. The molecule has 1 aromatic rings. The smallest absolute Gasteiger partial charge is 0.308 e. The fourth-order valence-corrected chi connectivity index (χ4v) is 0.785. The van der Waals surface area contributed by atoms with Crippen LogP contribution in [0.1, 0.15) is 20.8 Å². The van der Waals surface area contributed by atoms with Crippen molar-refractivity contribution >= 4 is 5.97 Å². The van der Waals surface area contributed by atoms with Gasteiger partial charge in [0.1, 0.15) is 0 Å². The van der Waals surface area contributed by atoms with E-state index in [2.05, 4.69) is 4.74 Å². The third-order valence-electron chi connectivity index (χ3n) is 1.32. The molecule has 1 aromatic carbocycles. The molecule has 0 bridgehead atoms. The highest BCUT2D eigenvalue weighted by molar-refractivity contribution is 5.69. The van der Waals surface area contributed by atoms with Crippen molar-refractivity contribution in [1.29, 1.82) is 0 Å². The molecule has 6 heteroatoms. The normalized spacial score (nSPS) is 9.19. The maximum absolute atomic E-state index is 12.7. The lowest BCUT2D eigenvalue weighted by Crippen LogP contribution is -2.07. The van der Waals surface area contributed by atoms with Crippen molar-refractivity contribution < 1.29 is 27.1 Å². The lowest BCUT2D eigenvalue weighted by atomic mass is 10.3. The third kappa shape index (κ3) is 3.22. The molecule has 0 unspecified atom stereocenters. The Bertz CT molecular complexity index is 365. The van der Waals surface area contributed by atoms with Crippen LogP contribution < -0.4 is 4.74 Å². The molecule has 0 saturated heterocycles. The van der Waals surface area contributed by atoms with Gasteiger partial charge in [0.15, 0.2) is 11.6 Å². The van der Waals surface area contributed by atoms with E-state index in [9.17, 15) is 22.4 Å². The molecule has 2 nitrogen and oxygen atoms in total. The summed E-state index contributed by atoms with van der Waals surface area (Å²) in [6, 6.07) is 0.0255. The molecule has 90 valence electrons. The Morgan fingerprint density at radius 3 is 1.75 bits per heavy atom. The summed E-state index contributed by atoms with van der Waals surface area (Å²) in [5, 5.41) is 0. The van der Waals surface area contributed by atoms with Crippen molar-refractivity contribution in [2.24, 2.45) is 0 Å². The molecule has 1 rings (SSSR count). The molecule has 0 radical (unpaired) electrons. The second-order valence-electron chi connectivity index (χ2n) is 2.39. The van der Waals surface area contributed by atoms with Gasteiger partial charge in [0.2, 0.25) is 17.4 Å². The molecule has 0 aliphatic carbocycles. The molecule has 0 fully saturated rings. The van der Waals surface area contributed by atoms with Gasteiger partial charge >= 0.3 is 5.97 Å². The van der Waals surface area contributed by atoms with Crippen molar-refractivity contribution in [1.82, 2.24) is 0 Å². The van der Waals surface area contributed by atoms with E-state index in [0.717, 1.165) is 6.92 Å². The minimum atomic E-state index is -1.74. The zero-order valence-electron chi connectivity index (χ0n) is 8.91. The summed E-state index contributed by atoms with van der Waals surface area (Å²) in [6.45, 7) is 4.85. The summed E-state index contributed by atoms with van der Waals surface area (Å²) in [6.07, 6.45) is 0. The monoisotopic (exact) mass is 238 g/mol. The quantitative estimate of drug-likeness (QED) is 0.325. The number of hydrogen-bond donors (Lipinski definition) is 0. The van der Waals surface area contributed by atoms with E-state index in [1.165, 1.54) is 0 Å². The fraction of sp³-hybridized carbons (Fsp3) is 0.300. The van der Waals surface area contributed by atoms with Gasteiger partial charge in [0.05, 0.1) is 0 Å². The van der Waals surface area contributed by atoms with E-state index in [-0.39, 0.29) is 6.07 Å². The Balaban J connectivity index is 0.00000106. The first kappa shape index (κ1) is 14.4. The van der Waals surface area contributed by atoms with Gasteiger partial charge in [0, 0.05) is 13.0 Å². The summed E-state index contributed by atoms with van der Waals surface area (Å²) < 4.78 is 54.5. The van der Waals surface area contributed by atoms with Gasteiger partial charge in [-0.1, -0.05) is 13.8 Å². The number of benzene rings is 1. The molecule has 16 heavy (non-hydrogen) atoms. The number of rotatable bonds is 1. The van der Waals surface area contributed by atoms with Crippen LogP contribution in [0.15, 0.2) is 6.07 Å². The number of carbonyl (C=O) groups is 1. The summed E-state index contributed by atoms with van der Waals surface area (Å²) >= 11 is 0. The van der Waals surface area contributed by atoms with E-state index >= 15 is 0 Å². The SMILES string of the molecule is CC.CC(=O)Oc1c(F)c(F)cc(F)c1F. The summed E-state index contributed by atoms with van der Waals surface area (Å²) in [7, 11) is 0. The molecule has 0 saturated carbocycles. The molecule has 0 N–H and O–H groups in total. The molecule has 0 atom stereocenters. The van der Waals surface area contributed by atoms with Gasteiger partial charge in [-0.05, 0) is 0 Å². The Hall–Kier alpha value is -1.59. The number of esters is 1. The molecule has 0 amide bonds. The largest absolute Gasteiger partial charge is 0.420 e. The van der Waals surface area contributed by atoms with Crippen molar-refractivity contribution in [3.63, 3.8) is 0 Å². The predicted molar refractivity (Wildman–Crippen MR) is 48.9 cm³/mol.